The van der Waals surface area contributed by atoms with Gasteiger partial charge in [0.05, 0.1) is 5.54 Å². The molecule has 0 saturated carbocycles. The second-order valence-electron chi connectivity index (χ2n) is 17.8. The number of hydrogen-bond acceptors (Lipinski definition) is 4. The smallest absolute Gasteiger partial charge is 0.0945 e. The molecule has 1 spiro atoms. The highest BCUT2D eigenvalue weighted by Crippen LogP contribution is 2.56. The summed E-state index contributed by atoms with van der Waals surface area (Å²) in [7, 11) is 0. The number of anilines is 3. The van der Waals surface area contributed by atoms with Crippen molar-refractivity contribution in [3.8, 4) is 22.3 Å². The average molecular weight is 921 g/mol. The van der Waals surface area contributed by atoms with Gasteiger partial charge in [0.2, 0.25) is 0 Å². The minimum Gasteiger partial charge on any atom is -0.362 e. The molecule has 7 aromatic rings. The molecule has 3 aliphatic rings. The monoisotopic (exact) mass is 920 g/mol. The van der Waals surface area contributed by atoms with Gasteiger partial charge in [-0.1, -0.05) is 201 Å². The SMILES string of the molecule is C=C(/C=C\C=C/Nc1ccccc1)c1cccc(-c2cccc(-c3cccc(C(/C=C\NC4=CCC5(C=C4)c4ccccc4N5c4ccccc4)=C/C(=C)c4ccccc4)c3)c2)c1.NCC1C=CC=CC1. The number of allylic oxidation sites excluding steroid dienone is 12. The third-order valence-corrected chi connectivity index (χ3v) is 13.0. The Morgan fingerprint density at radius 2 is 1.24 bits per heavy atom. The number of nitrogens with two attached hydrogens (primary N) is 1. The molecular weight excluding hydrogens is 861 g/mol. The van der Waals surface area contributed by atoms with E-state index >= 15 is 0 Å². The van der Waals surface area contributed by atoms with E-state index in [0.29, 0.717) is 5.92 Å². The number of benzene rings is 7. The predicted molar refractivity (Wildman–Crippen MR) is 304 cm³/mol. The fourth-order valence-corrected chi connectivity index (χ4v) is 9.21. The van der Waals surface area contributed by atoms with E-state index in [4.69, 9.17) is 5.73 Å². The minimum absolute atomic E-state index is 0.198. The lowest BCUT2D eigenvalue weighted by Gasteiger charge is -2.54. The minimum atomic E-state index is -0.198. The molecule has 1 aliphatic heterocycles. The van der Waals surface area contributed by atoms with Crippen LogP contribution in [-0.4, -0.2) is 6.54 Å². The fourth-order valence-electron chi connectivity index (χ4n) is 9.21. The molecule has 71 heavy (non-hydrogen) atoms. The molecule has 1 heterocycles. The van der Waals surface area contributed by atoms with Crippen LogP contribution in [0.4, 0.5) is 17.1 Å². The van der Waals surface area contributed by atoms with Crippen LogP contribution in [0.2, 0.25) is 0 Å². The number of nitrogens with one attached hydrogen (secondary N) is 2. The number of para-hydroxylation sites is 3. The Balaban J connectivity index is 0.000000711. The molecule has 4 heteroatoms. The first-order valence-corrected chi connectivity index (χ1v) is 24.4. The Morgan fingerprint density at radius 3 is 1.92 bits per heavy atom. The second-order valence-corrected chi connectivity index (χ2v) is 17.8. The van der Waals surface area contributed by atoms with Crippen LogP contribution in [0.15, 0.2) is 292 Å². The first-order valence-electron chi connectivity index (χ1n) is 24.4. The third-order valence-electron chi connectivity index (χ3n) is 13.0. The maximum absolute atomic E-state index is 5.42. The van der Waals surface area contributed by atoms with E-state index in [-0.39, 0.29) is 5.54 Å². The van der Waals surface area contributed by atoms with Crippen LogP contribution < -0.4 is 21.3 Å². The van der Waals surface area contributed by atoms with Gasteiger partial charge in [0.1, 0.15) is 0 Å². The first kappa shape index (κ1) is 47.4. The van der Waals surface area contributed by atoms with E-state index in [0.717, 1.165) is 86.4 Å². The standard InChI is InChI=1S/C60H49N3.C7H11N/c1-45(19-14-15-39-61-55-28-8-4-9-29-55)48-22-16-23-49(42-48)50-24-17-25-51(43-50)52-26-18-27-53(44-52)54(41-46(2)47-20-6-3-7-21-47)36-40-62-56-34-37-60(38-35-56)58-32-12-13-33-59(58)63(60)57-30-10-5-11-31-57;8-6-7-4-2-1-3-5-7/h3-37,39-44,61-62H,1-2,38H2;1-4,7H,5-6,8H2/b19-14-,39-15-,40-36-,54-41+;. The molecule has 7 aromatic carbocycles. The van der Waals surface area contributed by atoms with Gasteiger partial charge in [-0.05, 0) is 154 Å². The van der Waals surface area contributed by atoms with Crippen molar-refractivity contribution in [3.63, 3.8) is 0 Å². The van der Waals surface area contributed by atoms with E-state index in [1.54, 1.807) is 0 Å². The third kappa shape index (κ3) is 11.6. The van der Waals surface area contributed by atoms with E-state index in [1.165, 1.54) is 16.9 Å². The van der Waals surface area contributed by atoms with E-state index in [2.05, 4.69) is 235 Å². The van der Waals surface area contributed by atoms with Gasteiger partial charge in [-0.15, -0.1) is 0 Å². The zero-order valence-corrected chi connectivity index (χ0v) is 40.1. The molecule has 348 valence electrons. The van der Waals surface area contributed by atoms with Crippen molar-refractivity contribution in [2.45, 2.75) is 18.4 Å². The fraction of sp³-hybridized carbons (Fsp3) is 0.0746. The molecule has 0 radical (unpaired) electrons. The van der Waals surface area contributed by atoms with Crippen molar-refractivity contribution < 1.29 is 0 Å². The van der Waals surface area contributed by atoms with E-state index in [1.807, 2.05) is 67.0 Å². The molecule has 2 unspecified atom stereocenters. The molecule has 0 fully saturated rings. The van der Waals surface area contributed by atoms with Crippen LogP contribution in [0.5, 0.6) is 0 Å². The molecule has 4 N–H and O–H groups in total. The summed E-state index contributed by atoms with van der Waals surface area (Å²) in [6, 6.07) is 66.0. The zero-order chi connectivity index (χ0) is 48.7. The highest BCUT2D eigenvalue weighted by Gasteiger charge is 2.48. The van der Waals surface area contributed by atoms with Crippen LogP contribution in [-0.2, 0) is 5.54 Å². The molecule has 0 saturated heterocycles. The van der Waals surface area contributed by atoms with Crippen LogP contribution in [0.1, 0.15) is 35.1 Å². The van der Waals surface area contributed by atoms with Gasteiger partial charge in [-0.2, -0.15) is 0 Å². The second kappa shape index (κ2) is 23.1. The van der Waals surface area contributed by atoms with Crippen molar-refractivity contribution in [3.05, 3.63) is 314 Å². The summed E-state index contributed by atoms with van der Waals surface area (Å²) in [5.41, 5.74) is 21.9. The van der Waals surface area contributed by atoms with Crippen molar-refractivity contribution >= 4 is 33.8 Å². The Morgan fingerprint density at radius 1 is 0.606 bits per heavy atom. The number of hydrogen-bond donors (Lipinski definition) is 3. The average Bonchev–Trinajstić information content (AvgIpc) is 3.44. The first-order chi connectivity index (χ1) is 35.0. The van der Waals surface area contributed by atoms with Gasteiger partial charge >= 0.3 is 0 Å². The van der Waals surface area contributed by atoms with Crippen LogP contribution in [0.3, 0.4) is 0 Å². The largest absolute Gasteiger partial charge is 0.362 e. The van der Waals surface area contributed by atoms with Crippen molar-refractivity contribution in [2.75, 3.05) is 16.8 Å². The highest BCUT2D eigenvalue weighted by molar-refractivity contribution is 5.88. The summed E-state index contributed by atoms with van der Waals surface area (Å²) >= 11 is 0. The molecular formula is C67H60N4. The van der Waals surface area contributed by atoms with E-state index < -0.39 is 0 Å². The summed E-state index contributed by atoms with van der Waals surface area (Å²) in [6.07, 6.45) is 31.6. The summed E-state index contributed by atoms with van der Waals surface area (Å²) in [4.78, 5) is 2.46. The Hall–Kier alpha value is -8.70. The molecule has 0 bridgehead atoms. The quantitative estimate of drug-likeness (QED) is 0.0897. The lowest BCUT2D eigenvalue weighted by atomic mass is 9.73. The normalized spacial score (nSPS) is 16.9. The van der Waals surface area contributed by atoms with Gasteiger partial charge in [0, 0.05) is 40.7 Å². The molecule has 0 amide bonds. The number of nitrogens with zero attached hydrogens (tertiary/aromatic N) is 1. The van der Waals surface area contributed by atoms with Gasteiger partial charge < -0.3 is 21.3 Å². The van der Waals surface area contributed by atoms with Crippen LogP contribution >= 0.6 is 0 Å². The van der Waals surface area contributed by atoms with Gasteiger partial charge in [-0.3, -0.25) is 0 Å². The Kier molecular flexibility index (Phi) is 15.4. The van der Waals surface area contributed by atoms with Crippen LogP contribution in [0.25, 0.3) is 39.0 Å². The maximum atomic E-state index is 5.42. The van der Waals surface area contributed by atoms with Crippen LogP contribution in [0, 0.1) is 5.92 Å². The van der Waals surface area contributed by atoms with Gasteiger partial charge in [-0.25, -0.2) is 0 Å². The molecule has 2 atom stereocenters. The van der Waals surface area contributed by atoms with Crippen molar-refractivity contribution in [1.82, 2.24) is 5.32 Å². The van der Waals surface area contributed by atoms with Gasteiger partial charge in [0.15, 0.2) is 0 Å². The summed E-state index contributed by atoms with van der Waals surface area (Å²) in [5.74, 6) is 0.597. The van der Waals surface area contributed by atoms with Gasteiger partial charge in [0.25, 0.3) is 0 Å². The predicted octanol–water partition coefficient (Wildman–Crippen LogP) is 16.4. The molecule has 10 rings (SSSR count). The lowest BCUT2D eigenvalue weighted by molar-refractivity contribution is 0.494. The highest BCUT2D eigenvalue weighted by atomic mass is 15.3. The number of rotatable bonds is 15. The summed E-state index contributed by atoms with van der Waals surface area (Å²) < 4.78 is 0. The maximum Gasteiger partial charge on any atom is 0.0945 e. The Labute approximate surface area is 420 Å². The Bertz CT molecular complexity index is 3220. The van der Waals surface area contributed by atoms with Crippen molar-refractivity contribution in [1.29, 1.82) is 0 Å². The molecule has 0 aromatic heterocycles. The number of fused-ring (bicyclic) bond motifs is 2. The van der Waals surface area contributed by atoms with Crippen molar-refractivity contribution in [2.24, 2.45) is 11.7 Å². The zero-order valence-electron chi connectivity index (χ0n) is 40.1. The lowest BCUT2D eigenvalue weighted by Crippen LogP contribution is -2.51. The summed E-state index contributed by atoms with van der Waals surface area (Å²) in [5, 5.41) is 6.88. The molecule has 4 nitrogen and oxygen atoms in total. The topological polar surface area (TPSA) is 53.3 Å². The van der Waals surface area contributed by atoms with E-state index in [9.17, 15) is 0 Å². The summed E-state index contributed by atoms with van der Waals surface area (Å²) in [6.45, 7) is 9.61. The molecule has 2 aliphatic carbocycles.